The van der Waals surface area contributed by atoms with Crippen LogP contribution in [0.3, 0.4) is 0 Å². The van der Waals surface area contributed by atoms with Gasteiger partial charge < -0.3 is 23.8 Å². The lowest BCUT2D eigenvalue weighted by atomic mass is 9.88. The van der Waals surface area contributed by atoms with Crippen LogP contribution in [0.15, 0.2) is 41.5 Å². The molecule has 1 aliphatic heterocycles. The molecule has 5 nitrogen and oxygen atoms in total. The number of nitrogens with zero attached hydrogens (tertiary/aromatic N) is 1. The molecule has 2 aliphatic rings. The summed E-state index contributed by atoms with van der Waals surface area (Å²) in [4.78, 5) is 2.40. The first-order valence-corrected chi connectivity index (χ1v) is 15.4. The summed E-state index contributed by atoms with van der Waals surface area (Å²) in [6.07, 6.45) is 10.9. The van der Waals surface area contributed by atoms with Crippen molar-refractivity contribution in [1.82, 2.24) is 4.90 Å². The maximum atomic E-state index is 6.45. The maximum Gasteiger partial charge on any atom is 0.164 e. The minimum absolute atomic E-state index is 0.548. The standard InChI is InChI=1S/C27H39NO4.C8H14/c1-6-8-14-31-27-21(7-2)15-23(22-11-12-24(29-4)25(16-22)30-5)17-26(27)32-19-20-10-9-13-28(3)18-20;1-3-7(2)8-5-4-6-8/h11-12,15-17,20H,6-10,13-14,18-19H2,1-5H3;3-6H2,1-2H3. The fraction of sp³-hybridized carbons (Fsp3) is 0.600. The summed E-state index contributed by atoms with van der Waals surface area (Å²) in [5, 5.41) is 0. The molecule has 1 saturated heterocycles. The zero-order valence-electron chi connectivity index (χ0n) is 26.2. The quantitative estimate of drug-likeness (QED) is 0.195. The molecule has 1 atom stereocenters. The Bertz CT molecular complexity index is 1080. The monoisotopic (exact) mass is 551 g/mol. The van der Waals surface area contributed by atoms with Crippen molar-refractivity contribution >= 4 is 0 Å². The fourth-order valence-corrected chi connectivity index (χ4v) is 5.34. The van der Waals surface area contributed by atoms with E-state index in [9.17, 15) is 0 Å². The van der Waals surface area contributed by atoms with Crippen LogP contribution >= 0.6 is 0 Å². The highest BCUT2D eigenvalue weighted by Gasteiger charge is 2.20. The number of likely N-dealkylation sites (tertiary alicyclic amines) is 1. The van der Waals surface area contributed by atoms with Gasteiger partial charge in [0.1, 0.15) is 0 Å². The Labute approximate surface area is 243 Å². The topological polar surface area (TPSA) is 40.2 Å². The van der Waals surface area contributed by atoms with Crippen molar-refractivity contribution in [3.8, 4) is 34.1 Å². The summed E-state index contributed by atoms with van der Waals surface area (Å²) in [6, 6.07) is 10.4. The summed E-state index contributed by atoms with van der Waals surface area (Å²) in [6.45, 7) is 12.5. The molecule has 0 aromatic heterocycles. The smallest absolute Gasteiger partial charge is 0.164 e. The van der Waals surface area contributed by atoms with Crippen molar-refractivity contribution in [3.63, 3.8) is 0 Å². The van der Waals surface area contributed by atoms with Gasteiger partial charge in [0.05, 0.1) is 27.4 Å². The van der Waals surface area contributed by atoms with E-state index in [1.54, 1.807) is 25.4 Å². The molecule has 0 amide bonds. The third-order valence-electron chi connectivity index (χ3n) is 8.26. The molecule has 4 rings (SSSR count). The minimum atomic E-state index is 0.548. The van der Waals surface area contributed by atoms with E-state index in [1.807, 2.05) is 12.1 Å². The lowest BCUT2D eigenvalue weighted by Gasteiger charge is -2.30. The molecule has 0 spiro atoms. The Morgan fingerprint density at radius 1 is 0.900 bits per heavy atom. The van der Waals surface area contributed by atoms with Crippen molar-refractivity contribution in [2.45, 2.75) is 85.5 Å². The first-order valence-electron chi connectivity index (χ1n) is 15.4. The van der Waals surface area contributed by atoms with Crippen LogP contribution in [0.2, 0.25) is 0 Å². The summed E-state index contributed by atoms with van der Waals surface area (Å²) in [5.41, 5.74) is 6.70. The van der Waals surface area contributed by atoms with Gasteiger partial charge in [0, 0.05) is 12.5 Å². The Kier molecular flexibility index (Phi) is 13.2. The number of methoxy groups -OCH3 is 2. The fourth-order valence-electron chi connectivity index (χ4n) is 5.34. The van der Waals surface area contributed by atoms with Gasteiger partial charge in [-0.05, 0) is 113 Å². The number of allylic oxidation sites excluding steroid dienone is 2. The van der Waals surface area contributed by atoms with Crippen LogP contribution in [0.5, 0.6) is 23.0 Å². The van der Waals surface area contributed by atoms with Crippen LogP contribution in [-0.4, -0.2) is 52.5 Å². The summed E-state index contributed by atoms with van der Waals surface area (Å²) >= 11 is 0. The second kappa shape index (κ2) is 16.6. The number of ether oxygens (including phenoxy) is 4. The largest absolute Gasteiger partial charge is 0.493 e. The molecule has 1 unspecified atom stereocenters. The van der Waals surface area contributed by atoms with E-state index in [0.717, 1.165) is 59.9 Å². The normalized spacial score (nSPS) is 16.9. The van der Waals surface area contributed by atoms with E-state index in [4.69, 9.17) is 18.9 Å². The van der Waals surface area contributed by atoms with Gasteiger partial charge in [-0.25, -0.2) is 0 Å². The van der Waals surface area contributed by atoms with Crippen molar-refractivity contribution < 1.29 is 18.9 Å². The lowest BCUT2D eigenvalue weighted by molar-refractivity contribution is 0.146. The minimum Gasteiger partial charge on any atom is -0.493 e. The highest BCUT2D eigenvalue weighted by atomic mass is 16.5. The first kappa shape index (κ1) is 31.9. The van der Waals surface area contributed by atoms with Gasteiger partial charge in [-0.1, -0.05) is 44.4 Å². The number of hydrogen-bond donors (Lipinski definition) is 0. The van der Waals surface area contributed by atoms with E-state index in [0.29, 0.717) is 19.1 Å². The highest BCUT2D eigenvalue weighted by Crippen LogP contribution is 2.40. The molecule has 2 aromatic rings. The molecule has 0 bridgehead atoms. The molecule has 222 valence electrons. The van der Waals surface area contributed by atoms with E-state index in [-0.39, 0.29) is 0 Å². The molecule has 1 aliphatic carbocycles. The predicted octanol–water partition coefficient (Wildman–Crippen LogP) is 8.73. The molecule has 1 saturated carbocycles. The summed E-state index contributed by atoms with van der Waals surface area (Å²) < 4.78 is 23.6. The summed E-state index contributed by atoms with van der Waals surface area (Å²) in [7, 11) is 5.52. The second-order valence-electron chi connectivity index (χ2n) is 11.3. The number of benzene rings is 2. The number of piperidine rings is 1. The number of rotatable bonds is 12. The van der Waals surface area contributed by atoms with E-state index < -0.39 is 0 Å². The zero-order chi connectivity index (χ0) is 28.9. The van der Waals surface area contributed by atoms with Crippen LogP contribution in [0.1, 0.15) is 84.6 Å². The molecule has 0 radical (unpaired) electrons. The van der Waals surface area contributed by atoms with Gasteiger partial charge in [-0.3, -0.25) is 0 Å². The third-order valence-corrected chi connectivity index (χ3v) is 8.26. The molecule has 0 N–H and O–H groups in total. The third kappa shape index (κ3) is 8.92. The van der Waals surface area contributed by atoms with E-state index >= 15 is 0 Å². The highest BCUT2D eigenvalue weighted by molar-refractivity contribution is 5.71. The van der Waals surface area contributed by atoms with Crippen LogP contribution in [0.25, 0.3) is 11.1 Å². The van der Waals surface area contributed by atoms with Gasteiger partial charge in [-0.15, -0.1) is 0 Å². The SMILES string of the molecule is CCC(C)=C1CCC1.CCCCOc1c(CC)cc(-c2ccc(OC)c(OC)c2)cc1OCC1CCCN(C)C1. The molecule has 2 aromatic carbocycles. The average Bonchev–Trinajstić information content (AvgIpc) is 2.95. The van der Waals surface area contributed by atoms with Gasteiger partial charge in [0.15, 0.2) is 23.0 Å². The van der Waals surface area contributed by atoms with E-state index in [1.165, 1.54) is 50.6 Å². The van der Waals surface area contributed by atoms with Crippen LogP contribution < -0.4 is 18.9 Å². The van der Waals surface area contributed by atoms with Crippen molar-refractivity contribution in [2.24, 2.45) is 5.92 Å². The molecule has 5 heteroatoms. The Morgan fingerprint density at radius 2 is 1.65 bits per heavy atom. The van der Waals surface area contributed by atoms with Gasteiger partial charge in [0.2, 0.25) is 0 Å². The number of unbranched alkanes of at least 4 members (excludes halogenated alkanes) is 1. The van der Waals surface area contributed by atoms with Crippen LogP contribution in [0.4, 0.5) is 0 Å². The average molecular weight is 552 g/mol. The van der Waals surface area contributed by atoms with Crippen molar-refractivity contribution in [1.29, 1.82) is 0 Å². The summed E-state index contributed by atoms with van der Waals surface area (Å²) in [5.74, 6) is 3.74. The molecule has 2 fully saturated rings. The second-order valence-corrected chi connectivity index (χ2v) is 11.3. The zero-order valence-corrected chi connectivity index (χ0v) is 26.2. The van der Waals surface area contributed by atoms with Gasteiger partial charge in [-0.2, -0.15) is 0 Å². The van der Waals surface area contributed by atoms with Crippen LogP contribution in [0, 0.1) is 5.92 Å². The molecule has 40 heavy (non-hydrogen) atoms. The molecular weight excluding hydrogens is 498 g/mol. The predicted molar refractivity (Wildman–Crippen MR) is 167 cm³/mol. The molecule has 1 heterocycles. The van der Waals surface area contributed by atoms with Crippen molar-refractivity contribution in [2.75, 3.05) is 47.6 Å². The van der Waals surface area contributed by atoms with Crippen molar-refractivity contribution in [3.05, 3.63) is 47.0 Å². The Morgan fingerprint density at radius 3 is 2.23 bits per heavy atom. The number of aryl methyl sites for hydroxylation is 1. The van der Waals surface area contributed by atoms with Gasteiger partial charge in [0.25, 0.3) is 0 Å². The Hall–Kier alpha value is -2.66. The van der Waals surface area contributed by atoms with E-state index in [2.05, 4.69) is 57.8 Å². The first-order chi connectivity index (χ1) is 19.4. The Balaban J connectivity index is 0.000000472. The lowest BCUT2D eigenvalue weighted by Crippen LogP contribution is -2.34. The van der Waals surface area contributed by atoms with Crippen LogP contribution in [-0.2, 0) is 6.42 Å². The molecular formula is C35H53NO4. The van der Waals surface area contributed by atoms with Gasteiger partial charge >= 0.3 is 0 Å². The number of hydrogen-bond acceptors (Lipinski definition) is 5. The maximum absolute atomic E-state index is 6.45.